The Morgan fingerprint density at radius 1 is 1.35 bits per heavy atom. The van der Waals surface area contributed by atoms with Crippen molar-refractivity contribution < 1.29 is 22.0 Å². The zero-order chi connectivity index (χ0) is 17.8. The maximum atomic E-state index is 13.1. The fourth-order valence-electron chi connectivity index (χ4n) is 1.96. The summed E-state index contributed by atoms with van der Waals surface area (Å²) in [6.07, 6.45) is -1.20. The van der Waals surface area contributed by atoms with Crippen LogP contribution in [0.4, 0.5) is 8.78 Å². The molecule has 23 heavy (non-hydrogen) atoms. The number of carbonyl (C=O) groups is 1. The number of aromatic nitrogens is 2. The number of halogens is 2. The Labute approximate surface area is 135 Å². The SMILES string of the molecule is CCC(C)CS(=O)(=O)NC(=O)c1nn(CC(C)C)cc1C(F)F. The summed E-state index contributed by atoms with van der Waals surface area (Å²) in [5.41, 5.74) is -1.12. The van der Waals surface area contributed by atoms with E-state index in [1.807, 2.05) is 25.5 Å². The van der Waals surface area contributed by atoms with Crippen molar-refractivity contribution in [2.24, 2.45) is 11.8 Å². The van der Waals surface area contributed by atoms with Gasteiger partial charge in [-0.1, -0.05) is 34.1 Å². The van der Waals surface area contributed by atoms with Crippen molar-refractivity contribution in [3.8, 4) is 0 Å². The first-order valence-electron chi connectivity index (χ1n) is 7.46. The Balaban J connectivity index is 3.00. The summed E-state index contributed by atoms with van der Waals surface area (Å²) >= 11 is 0. The van der Waals surface area contributed by atoms with Gasteiger partial charge in [0.05, 0.1) is 11.3 Å². The summed E-state index contributed by atoms with van der Waals surface area (Å²) < 4.78 is 53.0. The maximum absolute atomic E-state index is 13.1. The van der Waals surface area contributed by atoms with Crippen molar-refractivity contribution in [1.82, 2.24) is 14.5 Å². The van der Waals surface area contributed by atoms with E-state index in [-0.39, 0.29) is 17.6 Å². The van der Waals surface area contributed by atoms with Crippen LogP contribution in [0.15, 0.2) is 6.20 Å². The van der Waals surface area contributed by atoms with Gasteiger partial charge in [0.25, 0.3) is 12.3 Å². The molecular weight excluding hydrogens is 328 g/mol. The minimum atomic E-state index is -3.89. The smallest absolute Gasteiger partial charge is 0.271 e. The van der Waals surface area contributed by atoms with Gasteiger partial charge in [-0.05, 0) is 11.8 Å². The van der Waals surface area contributed by atoms with Gasteiger partial charge in [0.1, 0.15) is 0 Å². The first-order chi connectivity index (χ1) is 10.6. The summed E-state index contributed by atoms with van der Waals surface area (Å²) in [6.45, 7) is 7.66. The average Bonchev–Trinajstić information content (AvgIpc) is 2.80. The predicted octanol–water partition coefficient (Wildman–Crippen LogP) is 2.58. The number of alkyl halides is 2. The van der Waals surface area contributed by atoms with Crippen LogP contribution >= 0.6 is 0 Å². The van der Waals surface area contributed by atoms with Crippen LogP contribution in [-0.4, -0.2) is 29.9 Å². The summed E-state index contributed by atoms with van der Waals surface area (Å²) in [4.78, 5) is 12.1. The summed E-state index contributed by atoms with van der Waals surface area (Å²) in [5, 5.41) is 3.82. The Hall–Kier alpha value is -1.51. The molecular formula is C14H23F2N3O3S. The fourth-order valence-corrected chi connectivity index (χ4v) is 3.41. The van der Waals surface area contributed by atoms with Crippen LogP contribution in [0, 0.1) is 11.8 Å². The number of nitrogens with one attached hydrogen (secondary N) is 1. The van der Waals surface area contributed by atoms with Crippen LogP contribution in [0.2, 0.25) is 0 Å². The summed E-state index contributed by atoms with van der Waals surface area (Å²) in [5.74, 6) is -1.36. The van der Waals surface area contributed by atoms with Gasteiger partial charge in [0, 0.05) is 12.7 Å². The van der Waals surface area contributed by atoms with Crippen molar-refractivity contribution in [2.45, 2.75) is 47.1 Å². The van der Waals surface area contributed by atoms with E-state index >= 15 is 0 Å². The highest BCUT2D eigenvalue weighted by atomic mass is 32.2. The zero-order valence-electron chi connectivity index (χ0n) is 13.7. The third-order valence-corrected chi connectivity index (χ3v) is 4.75. The van der Waals surface area contributed by atoms with Crippen molar-refractivity contribution in [2.75, 3.05) is 5.75 Å². The lowest BCUT2D eigenvalue weighted by Crippen LogP contribution is -2.35. The van der Waals surface area contributed by atoms with Gasteiger partial charge >= 0.3 is 0 Å². The molecule has 1 amide bonds. The molecule has 132 valence electrons. The highest BCUT2D eigenvalue weighted by Gasteiger charge is 2.27. The van der Waals surface area contributed by atoms with Crippen LogP contribution in [0.25, 0.3) is 0 Å². The van der Waals surface area contributed by atoms with E-state index in [9.17, 15) is 22.0 Å². The second kappa shape index (κ2) is 7.85. The minimum Gasteiger partial charge on any atom is -0.271 e. The van der Waals surface area contributed by atoms with Gasteiger partial charge in [-0.15, -0.1) is 0 Å². The molecule has 0 spiro atoms. The standard InChI is InChI=1S/C14H23F2N3O3S/c1-5-10(4)8-23(21,22)18-14(20)12-11(13(15)16)7-19(17-12)6-9(2)3/h7,9-10,13H,5-6,8H2,1-4H3,(H,18,20). The third-order valence-electron chi connectivity index (χ3n) is 3.24. The Morgan fingerprint density at radius 2 is 1.96 bits per heavy atom. The largest absolute Gasteiger partial charge is 0.285 e. The van der Waals surface area contributed by atoms with Crippen LogP contribution in [-0.2, 0) is 16.6 Å². The van der Waals surface area contributed by atoms with E-state index in [2.05, 4.69) is 5.10 Å². The first kappa shape index (κ1) is 19.5. The monoisotopic (exact) mass is 351 g/mol. The van der Waals surface area contributed by atoms with E-state index in [1.165, 1.54) is 4.68 Å². The fraction of sp³-hybridized carbons (Fsp3) is 0.714. The molecule has 0 aliphatic heterocycles. The van der Waals surface area contributed by atoms with Crippen LogP contribution in [0.3, 0.4) is 0 Å². The number of carbonyl (C=O) groups excluding carboxylic acids is 1. The Kier molecular flexibility index (Phi) is 6.67. The molecule has 6 nitrogen and oxygen atoms in total. The van der Waals surface area contributed by atoms with Crippen LogP contribution in [0.1, 0.15) is 56.6 Å². The lowest BCUT2D eigenvalue weighted by Gasteiger charge is -2.10. The van der Waals surface area contributed by atoms with E-state index in [1.54, 1.807) is 6.92 Å². The molecule has 1 N–H and O–H groups in total. The van der Waals surface area contributed by atoms with Crippen LogP contribution in [0.5, 0.6) is 0 Å². The minimum absolute atomic E-state index is 0.144. The summed E-state index contributed by atoms with van der Waals surface area (Å²) in [7, 11) is -3.89. The average molecular weight is 351 g/mol. The van der Waals surface area contributed by atoms with Crippen molar-refractivity contribution >= 4 is 15.9 Å². The van der Waals surface area contributed by atoms with Gasteiger partial charge in [0.2, 0.25) is 10.0 Å². The van der Waals surface area contributed by atoms with Crippen LogP contribution < -0.4 is 4.72 Å². The molecule has 0 aliphatic rings. The summed E-state index contributed by atoms with van der Waals surface area (Å²) in [6, 6.07) is 0. The normalized spacial score (nSPS) is 13.6. The lowest BCUT2D eigenvalue weighted by molar-refractivity contribution is 0.0962. The molecule has 1 aromatic heterocycles. The van der Waals surface area contributed by atoms with E-state index in [0.717, 1.165) is 6.20 Å². The highest BCUT2D eigenvalue weighted by molar-refractivity contribution is 7.90. The molecule has 0 fully saturated rings. The van der Waals surface area contributed by atoms with Gasteiger partial charge in [0.15, 0.2) is 5.69 Å². The maximum Gasteiger partial charge on any atom is 0.285 e. The number of sulfonamides is 1. The first-order valence-corrected chi connectivity index (χ1v) is 9.11. The number of rotatable bonds is 8. The number of nitrogens with zero attached hydrogens (tertiary/aromatic N) is 2. The molecule has 0 aromatic carbocycles. The molecule has 0 saturated carbocycles. The molecule has 1 unspecified atom stereocenters. The number of amides is 1. The van der Waals surface area contributed by atoms with Gasteiger partial charge in [-0.2, -0.15) is 5.10 Å². The molecule has 1 aromatic rings. The second-order valence-corrected chi connectivity index (χ2v) is 7.84. The molecule has 1 atom stereocenters. The molecule has 0 bridgehead atoms. The lowest BCUT2D eigenvalue weighted by atomic mass is 10.2. The van der Waals surface area contributed by atoms with Gasteiger partial charge < -0.3 is 0 Å². The molecule has 9 heteroatoms. The van der Waals surface area contributed by atoms with Gasteiger partial charge in [-0.3, -0.25) is 9.48 Å². The van der Waals surface area contributed by atoms with Gasteiger partial charge in [-0.25, -0.2) is 21.9 Å². The number of hydrogen-bond acceptors (Lipinski definition) is 4. The zero-order valence-corrected chi connectivity index (χ0v) is 14.5. The van der Waals surface area contributed by atoms with E-state index in [4.69, 9.17) is 0 Å². The topological polar surface area (TPSA) is 81.1 Å². The molecule has 1 rings (SSSR count). The Morgan fingerprint density at radius 3 is 2.43 bits per heavy atom. The third kappa shape index (κ3) is 5.89. The highest BCUT2D eigenvalue weighted by Crippen LogP contribution is 2.22. The second-order valence-electron chi connectivity index (χ2n) is 6.08. The quantitative estimate of drug-likeness (QED) is 0.780. The predicted molar refractivity (Wildman–Crippen MR) is 82.7 cm³/mol. The molecule has 0 aliphatic carbocycles. The number of hydrogen-bond donors (Lipinski definition) is 1. The van der Waals surface area contributed by atoms with E-state index < -0.39 is 33.6 Å². The Bertz CT molecular complexity index is 642. The van der Waals surface area contributed by atoms with Crippen molar-refractivity contribution in [3.63, 3.8) is 0 Å². The van der Waals surface area contributed by atoms with Crippen molar-refractivity contribution in [1.29, 1.82) is 0 Å². The van der Waals surface area contributed by atoms with E-state index in [0.29, 0.717) is 13.0 Å². The molecule has 1 heterocycles. The molecule has 0 radical (unpaired) electrons. The molecule has 0 saturated heterocycles. The van der Waals surface area contributed by atoms with Crippen molar-refractivity contribution in [3.05, 3.63) is 17.5 Å².